The van der Waals surface area contributed by atoms with Crippen LogP contribution in [-0.4, -0.2) is 58.6 Å². The Kier molecular flexibility index (Phi) is 5.40. The molecule has 1 fully saturated rings. The summed E-state index contributed by atoms with van der Waals surface area (Å²) >= 11 is 1.91. The Morgan fingerprint density at radius 2 is 2.14 bits per heavy atom. The van der Waals surface area contributed by atoms with E-state index >= 15 is 0 Å². The molecule has 1 heterocycles. The Labute approximate surface area is 126 Å². The SMILES string of the molecule is O=C(O)c1cccc([N+](=O)[O-])c1NCCN1CCSCC1. The lowest BCUT2D eigenvalue weighted by molar-refractivity contribution is -0.384. The van der Waals surface area contributed by atoms with Crippen molar-refractivity contribution in [3.8, 4) is 0 Å². The summed E-state index contributed by atoms with van der Waals surface area (Å²) in [7, 11) is 0. The Hall–Kier alpha value is -1.80. The predicted octanol–water partition coefficient (Wildman–Crippen LogP) is 1.75. The second-order valence-corrected chi connectivity index (χ2v) is 5.87. The fraction of sp³-hybridized carbons (Fsp3) is 0.462. The molecule has 0 unspecified atom stereocenters. The van der Waals surface area contributed by atoms with Crippen molar-refractivity contribution < 1.29 is 14.8 Å². The Morgan fingerprint density at radius 1 is 1.43 bits per heavy atom. The summed E-state index contributed by atoms with van der Waals surface area (Å²) in [4.78, 5) is 23.9. The van der Waals surface area contributed by atoms with Gasteiger partial charge in [-0.3, -0.25) is 15.0 Å². The summed E-state index contributed by atoms with van der Waals surface area (Å²) in [5.41, 5.74) is -0.191. The number of nitrogens with one attached hydrogen (secondary N) is 1. The van der Waals surface area contributed by atoms with Gasteiger partial charge in [-0.15, -0.1) is 0 Å². The molecule has 0 radical (unpaired) electrons. The van der Waals surface area contributed by atoms with Gasteiger partial charge in [0.2, 0.25) is 0 Å². The van der Waals surface area contributed by atoms with Crippen LogP contribution in [0.5, 0.6) is 0 Å². The molecule has 0 atom stereocenters. The van der Waals surface area contributed by atoms with Crippen LogP contribution in [0, 0.1) is 10.1 Å². The number of nitro groups is 1. The van der Waals surface area contributed by atoms with E-state index in [1.54, 1.807) is 0 Å². The second kappa shape index (κ2) is 7.28. The standard InChI is InChI=1S/C13H17N3O4S/c17-13(18)10-2-1-3-11(16(19)20)12(10)14-4-5-15-6-8-21-9-7-15/h1-3,14H,4-9H2,(H,17,18). The van der Waals surface area contributed by atoms with E-state index in [0.717, 1.165) is 31.1 Å². The zero-order valence-electron chi connectivity index (χ0n) is 11.4. The summed E-state index contributed by atoms with van der Waals surface area (Å²) < 4.78 is 0. The smallest absolute Gasteiger partial charge is 0.338 e. The van der Waals surface area contributed by atoms with Crippen LogP contribution < -0.4 is 5.32 Å². The first-order valence-electron chi connectivity index (χ1n) is 6.64. The van der Waals surface area contributed by atoms with Crippen LogP contribution in [0.3, 0.4) is 0 Å². The van der Waals surface area contributed by atoms with Gasteiger partial charge in [0.25, 0.3) is 5.69 Å². The number of hydrogen-bond donors (Lipinski definition) is 2. The van der Waals surface area contributed by atoms with Crippen molar-refractivity contribution >= 4 is 29.1 Å². The van der Waals surface area contributed by atoms with Crippen LogP contribution in [0.2, 0.25) is 0 Å². The number of carboxylic acids is 1. The first kappa shape index (κ1) is 15.6. The van der Waals surface area contributed by atoms with Crippen LogP contribution in [0.4, 0.5) is 11.4 Å². The van der Waals surface area contributed by atoms with Crippen LogP contribution in [0.1, 0.15) is 10.4 Å². The topological polar surface area (TPSA) is 95.7 Å². The molecule has 0 saturated carbocycles. The molecular weight excluding hydrogens is 294 g/mol. The molecule has 0 aliphatic carbocycles. The van der Waals surface area contributed by atoms with E-state index in [2.05, 4.69) is 10.2 Å². The van der Waals surface area contributed by atoms with Crippen LogP contribution in [-0.2, 0) is 0 Å². The van der Waals surface area contributed by atoms with Gasteiger partial charge in [-0.1, -0.05) is 6.07 Å². The number of carboxylic acid groups (broad SMARTS) is 1. The number of nitrogens with zero attached hydrogens (tertiary/aromatic N) is 2. The molecule has 1 aromatic rings. The number of carbonyl (C=O) groups is 1. The zero-order chi connectivity index (χ0) is 15.2. The second-order valence-electron chi connectivity index (χ2n) is 4.64. The predicted molar refractivity (Wildman–Crippen MR) is 82.3 cm³/mol. The Balaban J connectivity index is 2.06. The highest BCUT2D eigenvalue weighted by atomic mass is 32.2. The van der Waals surface area contributed by atoms with Crippen molar-refractivity contribution in [1.82, 2.24) is 4.90 Å². The van der Waals surface area contributed by atoms with Crippen molar-refractivity contribution in [2.24, 2.45) is 0 Å². The summed E-state index contributed by atoms with van der Waals surface area (Å²) in [5, 5.41) is 23.1. The van der Waals surface area contributed by atoms with Gasteiger partial charge in [-0.05, 0) is 6.07 Å². The van der Waals surface area contributed by atoms with E-state index in [1.807, 2.05) is 11.8 Å². The zero-order valence-corrected chi connectivity index (χ0v) is 12.3. The minimum Gasteiger partial charge on any atom is -0.478 e. The third-order valence-corrected chi connectivity index (χ3v) is 4.25. The molecule has 1 aliphatic rings. The molecular formula is C13H17N3O4S. The van der Waals surface area contributed by atoms with Gasteiger partial charge in [0, 0.05) is 43.8 Å². The fourth-order valence-corrected chi connectivity index (χ4v) is 3.20. The van der Waals surface area contributed by atoms with E-state index in [1.165, 1.54) is 18.2 Å². The molecule has 0 amide bonds. The third kappa shape index (κ3) is 4.08. The number of aromatic carboxylic acids is 1. The van der Waals surface area contributed by atoms with Crippen molar-refractivity contribution in [2.75, 3.05) is 43.0 Å². The number of benzene rings is 1. The molecule has 8 heteroatoms. The monoisotopic (exact) mass is 311 g/mol. The number of hydrogen-bond acceptors (Lipinski definition) is 6. The summed E-state index contributed by atoms with van der Waals surface area (Å²) in [6.45, 7) is 3.21. The summed E-state index contributed by atoms with van der Waals surface area (Å²) in [5.74, 6) is 1.01. The van der Waals surface area contributed by atoms with E-state index in [4.69, 9.17) is 5.11 Å². The highest BCUT2D eigenvalue weighted by molar-refractivity contribution is 7.99. The molecule has 0 aromatic heterocycles. The molecule has 114 valence electrons. The van der Waals surface area contributed by atoms with Crippen molar-refractivity contribution in [1.29, 1.82) is 0 Å². The van der Waals surface area contributed by atoms with Crippen molar-refractivity contribution in [3.63, 3.8) is 0 Å². The Morgan fingerprint density at radius 3 is 2.76 bits per heavy atom. The van der Waals surface area contributed by atoms with Gasteiger partial charge in [0.05, 0.1) is 10.5 Å². The highest BCUT2D eigenvalue weighted by Gasteiger charge is 2.21. The number of thioether (sulfide) groups is 1. The van der Waals surface area contributed by atoms with Gasteiger partial charge in [0.15, 0.2) is 0 Å². The van der Waals surface area contributed by atoms with E-state index in [-0.39, 0.29) is 16.9 Å². The Bertz CT molecular complexity index is 500. The largest absolute Gasteiger partial charge is 0.478 e. The van der Waals surface area contributed by atoms with Crippen LogP contribution >= 0.6 is 11.8 Å². The minimum absolute atomic E-state index is 0.0709. The normalized spacial score (nSPS) is 15.6. The van der Waals surface area contributed by atoms with Gasteiger partial charge in [-0.2, -0.15) is 11.8 Å². The van der Waals surface area contributed by atoms with E-state index < -0.39 is 10.9 Å². The number of anilines is 1. The van der Waals surface area contributed by atoms with Crippen LogP contribution in [0.15, 0.2) is 18.2 Å². The molecule has 21 heavy (non-hydrogen) atoms. The first-order valence-corrected chi connectivity index (χ1v) is 7.79. The molecule has 2 N–H and O–H groups in total. The molecule has 7 nitrogen and oxygen atoms in total. The number of rotatable bonds is 6. The van der Waals surface area contributed by atoms with E-state index in [0.29, 0.717) is 6.54 Å². The lowest BCUT2D eigenvalue weighted by Crippen LogP contribution is -2.36. The average Bonchev–Trinajstić information content (AvgIpc) is 2.48. The number of para-hydroxylation sites is 1. The quantitative estimate of drug-likeness (QED) is 0.610. The molecule has 1 aromatic carbocycles. The van der Waals surface area contributed by atoms with Gasteiger partial charge in [0.1, 0.15) is 5.69 Å². The lowest BCUT2D eigenvalue weighted by Gasteiger charge is -2.26. The van der Waals surface area contributed by atoms with Gasteiger partial charge < -0.3 is 10.4 Å². The third-order valence-electron chi connectivity index (χ3n) is 3.30. The van der Waals surface area contributed by atoms with Crippen molar-refractivity contribution in [3.05, 3.63) is 33.9 Å². The summed E-state index contributed by atoms with van der Waals surface area (Å²) in [6, 6.07) is 4.07. The van der Waals surface area contributed by atoms with Crippen LogP contribution in [0.25, 0.3) is 0 Å². The van der Waals surface area contributed by atoms with Crippen molar-refractivity contribution in [2.45, 2.75) is 0 Å². The lowest BCUT2D eigenvalue weighted by atomic mass is 10.1. The molecule has 0 spiro atoms. The van der Waals surface area contributed by atoms with Gasteiger partial charge in [-0.25, -0.2) is 4.79 Å². The molecule has 2 rings (SSSR count). The van der Waals surface area contributed by atoms with E-state index in [9.17, 15) is 14.9 Å². The highest BCUT2D eigenvalue weighted by Crippen LogP contribution is 2.28. The maximum absolute atomic E-state index is 11.2. The average molecular weight is 311 g/mol. The summed E-state index contributed by atoms with van der Waals surface area (Å²) in [6.07, 6.45) is 0. The minimum atomic E-state index is -1.17. The van der Waals surface area contributed by atoms with Gasteiger partial charge >= 0.3 is 5.97 Å². The molecule has 0 bridgehead atoms. The maximum atomic E-state index is 11.2. The number of nitro benzene ring substituents is 1. The first-order chi connectivity index (χ1) is 10.1. The molecule has 1 aliphatic heterocycles. The fourth-order valence-electron chi connectivity index (χ4n) is 2.22. The maximum Gasteiger partial charge on any atom is 0.338 e. The molecule has 1 saturated heterocycles.